The molecule has 0 saturated heterocycles. The number of hydrogen-bond donors (Lipinski definition) is 4. The van der Waals surface area contributed by atoms with E-state index < -0.39 is 28.4 Å². The number of anilines is 1. The Bertz CT molecular complexity index is 1510. The van der Waals surface area contributed by atoms with Gasteiger partial charge in [-0.1, -0.05) is 37.3 Å². The Labute approximate surface area is 241 Å². The molecule has 3 atom stereocenters. The Morgan fingerprint density at radius 2 is 1.88 bits per heavy atom. The molecule has 1 aliphatic heterocycles. The number of para-hydroxylation sites is 1. The predicted molar refractivity (Wildman–Crippen MR) is 160 cm³/mol. The highest BCUT2D eigenvalue weighted by Crippen LogP contribution is 2.35. The highest BCUT2D eigenvalue weighted by Gasteiger charge is 2.33. The number of nitrogens with one attached hydrogen (secondary N) is 3. The first-order chi connectivity index (χ1) is 19.6. The van der Waals surface area contributed by atoms with Gasteiger partial charge in [0.25, 0.3) is 5.91 Å². The van der Waals surface area contributed by atoms with Gasteiger partial charge in [0.05, 0.1) is 25.3 Å². The summed E-state index contributed by atoms with van der Waals surface area (Å²) in [5, 5.41) is 7.02. The van der Waals surface area contributed by atoms with Crippen LogP contribution in [0, 0.1) is 0 Å². The molecule has 1 aliphatic rings. The summed E-state index contributed by atoms with van der Waals surface area (Å²) < 4.78 is 30.5. The Morgan fingerprint density at radius 3 is 2.59 bits per heavy atom. The summed E-state index contributed by atoms with van der Waals surface area (Å²) >= 11 is 0. The predicted octanol–water partition coefficient (Wildman–Crippen LogP) is 3.45. The largest absolute Gasteiger partial charge is 0.496 e. The summed E-state index contributed by atoms with van der Waals surface area (Å²) in [6, 6.07) is 15.0. The average molecular weight is 582 g/mol. The quantitative estimate of drug-likeness (QED) is 0.269. The topological polar surface area (TPSA) is 137 Å². The van der Waals surface area contributed by atoms with E-state index in [9.17, 15) is 23.1 Å². The van der Waals surface area contributed by atoms with Gasteiger partial charge >= 0.3 is 10.4 Å². The molecule has 3 aromatic carbocycles. The molecule has 0 spiro atoms. The zero-order valence-corrected chi connectivity index (χ0v) is 24.5. The molecule has 10 nitrogen and oxygen atoms in total. The number of aryl methyl sites for hydroxylation is 1. The fraction of sp³-hybridized carbons (Fsp3) is 0.367. The third-order valence-electron chi connectivity index (χ3n) is 7.34. The number of ether oxygens (including phenoxy) is 1. The van der Waals surface area contributed by atoms with Crippen LogP contribution in [-0.2, 0) is 37.2 Å². The molecule has 4 rings (SSSR count). The second kappa shape index (κ2) is 12.8. The highest BCUT2D eigenvalue weighted by atomic mass is 32.3. The monoisotopic (exact) mass is 581 g/mol. The van der Waals surface area contributed by atoms with E-state index in [1.54, 1.807) is 50.1 Å². The van der Waals surface area contributed by atoms with Crippen LogP contribution >= 0.6 is 0 Å². The molecule has 3 aromatic rings. The molecular weight excluding hydrogens is 544 g/mol. The zero-order chi connectivity index (χ0) is 29.7. The number of methoxy groups -OCH3 is 1. The first kappa shape index (κ1) is 30.2. The number of rotatable bonds is 10. The van der Waals surface area contributed by atoms with Crippen molar-refractivity contribution in [3.63, 3.8) is 0 Å². The van der Waals surface area contributed by atoms with Crippen molar-refractivity contribution in [2.24, 2.45) is 0 Å². The van der Waals surface area contributed by atoms with Gasteiger partial charge in [0.1, 0.15) is 11.8 Å². The van der Waals surface area contributed by atoms with Crippen molar-refractivity contribution in [1.82, 2.24) is 15.4 Å². The van der Waals surface area contributed by atoms with Crippen molar-refractivity contribution in [3.8, 4) is 5.75 Å². The van der Waals surface area contributed by atoms with Crippen LogP contribution in [0.15, 0.2) is 54.6 Å². The minimum Gasteiger partial charge on any atom is -0.496 e. The first-order valence-corrected chi connectivity index (χ1v) is 15.3. The summed E-state index contributed by atoms with van der Waals surface area (Å²) in [6.07, 6.45) is 1.49. The van der Waals surface area contributed by atoms with E-state index in [-0.39, 0.29) is 29.7 Å². The fourth-order valence-electron chi connectivity index (χ4n) is 5.08. The number of carbonyl (C=O) groups is 3. The molecule has 0 bridgehead atoms. The normalized spacial score (nSPS) is 17.2. The lowest BCUT2D eigenvalue weighted by Gasteiger charge is -2.28. The maximum absolute atomic E-state index is 14.0. The summed E-state index contributed by atoms with van der Waals surface area (Å²) in [5.74, 6) is -0.710. The molecule has 0 radical (unpaired) electrons. The van der Waals surface area contributed by atoms with E-state index in [2.05, 4.69) is 15.4 Å². The number of amides is 3. The number of likely N-dealkylation sites (N-methyl/N-ethyl adjacent to an activating group) is 1. The van der Waals surface area contributed by atoms with Gasteiger partial charge in [0.15, 0.2) is 5.75 Å². The zero-order valence-electron chi connectivity index (χ0n) is 23.7. The average Bonchev–Trinajstić information content (AvgIpc) is 3.08. The van der Waals surface area contributed by atoms with E-state index >= 15 is 0 Å². The van der Waals surface area contributed by atoms with Crippen LogP contribution in [0.5, 0.6) is 5.75 Å². The molecule has 4 N–H and O–H groups in total. The molecule has 218 valence electrons. The second-order valence-corrected chi connectivity index (χ2v) is 12.0. The van der Waals surface area contributed by atoms with Crippen LogP contribution < -0.4 is 25.0 Å². The molecular formula is C30H37N4O6S+. The van der Waals surface area contributed by atoms with Crippen LogP contribution in [0.3, 0.4) is 0 Å². The van der Waals surface area contributed by atoms with Gasteiger partial charge in [-0.05, 0) is 78.0 Å². The van der Waals surface area contributed by atoms with Crippen LogP contribution in [0.2, 0.25) is 0 Å². The SMILES string of the molecule is CCC[S+](=O)(O)NC(=O)c1cccc2c(CN3C(=O)C(NC(=O)[C@H](C)NC)CCc4ccccc43)c(OC)ccc12. The lowest BCUT2D eigenvalue weighted by atomic mass is 9.98. The van der Waals surface area contributed by atoms with Gasteiger partial charge in [-0.2, -0.15) is 4.55 Å². The Morgan fingerprint density at radius 1 is 1.12 bits per heavy atom. The lowest BCUT2D eigenvalue weighted by molar-refractivity contribution is -0.128. The van der Waals surface area contributed by atoms with Crippen molar-refractivity contribution >= 4 is 44.6 Å². The third-order valence-corrected chi connectivity index (χ3v) is 8.80. The van der Waals surface area contributed by atoms with E-state index in [1.165, 1.54) is 7.11 Å². The summed E-state index contributed by atoms with van der Waals surface area (Å²) in [6.45, 7) is 3.61. The molecule has 41 heavy (non-hydrogen) atoms. The van der Waals surface area contributed by atoms with Gasteiger partial charge in [0.2, 0.25) is 11.8 Å². The smallest absolute Gasteiger partial charge is 0.313 e. The minimum absolute atomic E-state index is 0.0517. The van der Waals surface area contributed by atoms with Gasteiger partial charge in [-0.25, -0.2) is 0 Å². The van der Waals surface area contributed by atoms with Crippen molar-refractivity contribution in [2.75, 3.05) is 24.8 Å². The molecule has 11 heteroatoms. The van der Waals surface area contributed by atoms with Crippen LogP contribution in [0.1, 0.15) is 48.2 Å². The van der Waals surface area contributed by atoms with Crippen molar-refractivity contribution in [2.45, 2.75) is 51.7 Å². The molecule has 0 fully saturated rings. The van der Waals surface area contributed by atoms with E-state index in [0.29, 0.717) is 41.3 Å². The molecule has 0 saturated carbocycles. The summed E-state index contributed by atoms with van der Waals surface area (Å²) in [4.78, 5) is 41.5. The van der Waals surface area contributed by atoms with Crippen LogP contribution in [-0.4, -0.2) is 54.3 Å². The number of nitrogens with zero attached hydrogens (tertiary/aromatic N) is 1. The van der Waals surface area contributed by atoms with Gasteiger partial charge in [0, 0.05) is 11.3 Å². The molecule has 1 heterocycles. The minimum atomic E-state index is -3.53. The van der Waals surface area contributed by atoms with Crippen molar-refractivity contribution in [3.05, 3.63) is 71.3 Å². The number of hydrogen-bond acceptors (Lipinski definition) is 6. The van der Waals surface area contributed by atoms with E-state index in [1.807, 2.05) is 30.3 Å². The van der Waals surface area contributed by atoms with Gasteiger partial charge in [-0.15, -0.1) is 4.72 Å². The Balaban J connectivity index is 1.78. The summed E-state index contributed by atoms with van der Waals surface area (Å²) in [7, 11) is -0.308. The van der Waals surface area contributed by atoms with Crippen molar-refractivity contribution < 1.29 is 27.9 Å². The Hall–Kier alpha value is -3.80. The number of benzene rings is 3. The number of fused-ring (bicyclic) bond motifs is 2. The van der Waals surface area contributed by atoms with Gasteiger partial charge < -0.3 is 20.3 Å². The van der Waals surface area contributed by atoms with Crippen LogP contribution in [0.4, 0.5) is 5.69 Å². The maximum atomic E-state index is 14.0. The summed E-state index contributed by atoms with van der Waals surface area (Å²) in [5.41, 5.74) is 2.62. The molecule has 0 aromatic heterocycles. The van der Waals surface area contributed by atoms with Crippen molar-refractivity contribution in [1.29, 1.82) is 0 Å². The van der Waals surface area contributed by atoms with Gasteiger partial charge in [-0.3, -0.25) is 14.4 Å². The number of carbonyl (C=O) groups excluding carboxylic acids is 3. The molecule has 3 amide bonds. The first-order valence-electron chi connectivity index (χ1n) is 13.6. The maximum Gasteiger partial charge on any atom is 0.313 e. The highest BCUT2D eigenvalue weighted by molar-refractivity contribution is 7.96. The molecule has 0 aliphatic carbocycles. The molecule has 2 unspecified atom stereocenters. The standard InChI is InChI=1S/C30H36N4O6S/c1-5-17-41(38,39)33-29(36)23-11-8-10-21-22(23)14-16-27(40-4)24(21)18-34-26-12-7-6-9-20(26)13-15-25(30(34)37)32-28(35)19(2)31-3/h6-12,14,16,19,25,31H,5,13,15,17-18H2,1-4H3,(H2-,32,33,35,36,38,39)/p+1/t19-,25?/m0/s1. The van der Waals surface area contributed by atoms with E-state index in [0.717, 1.165) is 11.3 Å². The third kappa shape index (κ3) is 6.58. The van der Waals surface area contributed by atoms with E-state index in [4.69, 9.17) is 4.74 Å². The Kier molecular flexibility index (Phi) is 9.42. The fourth-order valence-corrected chi connectivity index (χ4v) is 6.13. The van der Waals surface area contributed by atoms with Crippen LogP contribution in [0.25, 0.3) is 10.8 Å². The second-order valence-electron chi connectivity index (χ2n) is 10.1. The lowest BCUT2D eigenvalue weighted by Crippen LogP contribution is -2.52.